The molecule has 0 aliphatic carbocycles. The summed E-state index contributed by atoms with van der Waals surface area (Å²) in [7, 11) is 0. The molecule has 0 saturated heterocycles. The molecule has 8 heteroatoms. The number of nitrogens with one attached hydrogen (secondary N) is 3. The van der Waals surface area contributed by atoms with Crippen LogP contribution in [-0.4, -0.2) is 17.7 Å². The number of aryl methyl sites for hydroxylation is 2. The van der Waals surface area contributed by atoms with E-state index in [1.54, 1.807) is 66.7 Å². The number of anilines is 2. The minimum Gasteiger partial charge on any atom is -0.325 e. The average Bonchev–Trinajstić information content (AvgIpc) is 3.07. The van der Waals surface area contributed by atoms with E-state index in [4.69, 9.17) is 11.6 Å². The predicted molar refractivity (Wildman–Crippen MR) is 188 cm³/mol. The first-order valence-electron chi connectivity index (χ1n) is 14.6. The Labute approximate surface area is 277 Å². The van der Waals surface area contributed by atoms with Crippen LogP contribution >= 0.6 is 23.4 Å². The van der Waals surface area contributed by atoms with Crippen LogP contribution in [0.3, 0.4) is 0 Å². The lowest BCUT2D eigenvalue weighted by Gasteiger charge is -2.18. The molecule has 5 aromatic rings. The number of benzene rings is 5. The number of hydrogen-bond acceptors (Lipinski definition) is 4. The van der Waals surface area contributed by atoms with Gasteiger partial charge in [0.25, 0.3) is 11.8 Å². The zero-order chi connectivity index (χ0) is 32.5. The van der Waals surface area contributed by atoms with Crippen molar-refractivity contribution in [2.75, 3.05) is 10.6 Å². The van der Waals surface area contributed by atoms with E-state index in [-0.39, 0.29) is 11.6 Å². The van der Waals surface area contributed by atoms with Gasteiger partial charge in [-0.15, -0.1) is 11.8 Å². The molecule has 3 amide bonds. The van der Waals surface area contributed by atoms with Gasteiger partial charge in [-0.05, 0) is 103 Å². The Kier molecular flexibility index (Phi) is 10.7. The first-order chi connectivity index (χ1) is 22.2. The van der Waals surface area contributed by atoms with Crippen molar-refractivity contribution in [3.05, 3.63) is 166 Å². The monoisotopic (exact) mass is 645 g/mol. The number of thioether (sulfide) groups is 1. The Morgan fingerprint density at radius 1 is 0.696 bits per heavy atom. The van der Waals surface area contributed by atoms with Crippen LogP contribution in [0.5, 0.6) is 0 Å². The van der Waals surface area contributed by atoms with E-state index in [2.05, 4.69) is 16.0 Å². The summed E-state index contributed by atoms with van der Waals surface area (Å²) in [5.74, 6) is -1.04. The summed E-state index contributed by atoms with van der Waals surface area (Å²) in [6, 6.07) is 38.3. The molecule has 230 valence electrons. The Hall–Kier alpha value is -5.11. The van der Waals surface area contributed by atoms with Gasteiger partial charge in [0.15, 0.2) is 0 Å². The third-order valence-electron chi connectivity index (χ3n) is 7.19. The molecule has 1 unspecified atom stereocenters. The van der Waals surface area contributed by atoms with Crippen LogP contribution in [0.2, 0.25) is 5.02 Å². The summed E-state index contributed by atoms with van der Waals surface area (Å²) in [6.45, 7) is 4.05. The first kappa shape index (κ1) is 32.3. The number of carbonyl (C=O) groups excluding carboxylic acids is 3. The van der Waals surface area contributed by atoms with Gasteiger partial charge in [-0.1, -0.05) is 78.3 Å². The topological polar surface area (TPSA) is 87.3 Å². The molecular formula is C38H32ClN3O3S. The van der Waals surface area contributed by atoms with Crippen molar-refractivity contribution in [3.63, 3.8) is 0 Å². The zero-order valence-corrected chi connectivity index (χ0v) is 26.9. The summed E-state index contributed by atoms with van der Waals surface area (Å²) < 4.78 is 0. The molecule has 1 atom stereocenters. The maximum atomic E-state index is 13.5. The van der Waals surface area contributed by atoms with Gasteiger partial charge in [-0.25, -0.2) is 0 Å². The maximum absolute atomic E-state index is 13.5. The highest BCUT2D eigenvalue weighted by Gasteiger charge is 2.23. The molecule has 0 aliphatic heterocycles. The van der Waals surface area contributed by atoms with Crippen molar-refractivity contribution < 1.29 is 14.4 Å². The Bertz CT molecular complexity index is 1860. The van der Waals surface area contributed by atoms with E-state index in [0.29, 0.717) is 21.8 Å². The van der Waals surface area contributed by atoms with Crippen molar-refractivity contribution in [2.24, 2.45) is 0 Å². The quantitative estimate of drug-likeness (QED) is 0.105. The Balaban J connectivity index is 1.32. The van der Waals surface area contributed by atoms with Crippen LogP contribution < -0.4 is 16.0 Å². The van der Waals surface area contributed by atoms with Crippen molar-refractivity contribution >= 4 is 58.5 Å². The van der Waals surface area contributed by atoms with Crippen molar-refractivity contribution in [3.8, 4) is 0 Å². The number of carbonyl (C=O) groups is 3. The van der Waals surface area contributed by atoms with E-state index in [1.807, 2.05) is 80.6 Å². The van der Waals surface area contributed by atoms with Crippen LogP contribution in [0.15, 0.2) is 138 Å². The molecular weight excluding hydrogens is 614 g/mol. The van der Waals surface area contributed by atoms with Gasteiger partial charge >= 0.3 is 0 Å². The molecule has 0 aliphatic rings. The summed E-state index contributed by atoms with van der Waals surface area (Å²) in [4.78, 5) is 40.7. The standard InChI is InChI=1S/C38H32ClN3O3S/c1-25-13-18-32(23-26(25)2)41-38(45)35(28-9-5-3-6-10-28)46-33-21-19-31(20-22-33)40-37(44)34(24-27-14-16-30(39)17-15-27)42-36(43)29-11-7-4-8-12-29/h3-24,35H,1-2H3,(H,40,44)(H,41,45)(H,42,43)/b34-24-. The summed E-state index contributed by atoms with van der Waals surface area (Å²) in [5.41, 5.74) is 5.60. The summed E-state index contributed by atoms with van der Waals surface area (Å²) in [6.07, 6.45) is 1.59. The molecule has 3 N–H and O–H groups in total. The van der Waals surface area contributed by atoms with Gasteiger partial charge in [0.1, 0.15) is 10.9 Å². The highest BCUT2D eigenvalue weighted by molar-refractivity contribution is 8.00. The van der Waals surface area contributed by atoms with Crippen molar-refractivity contribution in [2.45, 2.75) is 24.0 Å². The number of hydrogen-bond donors (Lipinski definition) is 3. The second kappa shape index (κ2) is 15.3. The molecule has 5 aromatic carbocycles. The minimum absolute atomic E-state index is 0.0711. The van der Waals surface area contributed by atoms with Gasteiger partial charge in [-0.3, -0.25) is 14.4 Å². The summed E-state index contributed by atoms with van der Waals surface area (Å²) >= 11 is 7.45. The third-order valence-corrected chi connectivity index (χ3v) is 8.71. The normalized spacial score (nSPS) is 11.8. The fourth-order valence-corrected chi connectivity index (χ4v) is 5.70. The van der Waals surface area contributed by atoms with Crippen LogP contribution in [-0.2, 0) is 9.59 Å². The molecule has 0 heterocycles. The lowest BCUT2D eigenvalue weighted by atomic mass is 10.1. The predicted octanol–water partition coefficient (Wildman–Crippen LogP) is 8.84. The van der Waals surface area contributed by atoms with E-state index in [9.17, 15) is 14.4 Å². The Morgan fingerprint density at radius 2 is 1.33 bits per heavy atom. The number of amides is 3. The molecule has 0 aromatic heterocycles. The van der Waals surface area contributed by atoms with Crippen LogP contribution in [0, 0.1) is 13.8 Å². The fraction of sp³-hybridized carbons (Fsp3) is 0.0789. The molecule has 46 heavy (non-hydrogen) atoms. The van der Waals surface area contributed by atoms with Gasteiger partial charge in [0.2, 0.25) is 5.91 Å². The largest absolute Gasteiger partial charge is 0.325 e. The number of halogens is 1. The van der Waals surface area contributed by atoms with Crippen LogP contribution in [0.4, 0.5) is 11.4 Å². The van der Waals surface area contributed by atoms with Crippen molar-refractivity contribution in [1.29, 1.82) is 0 Å². The molecule has 5 rings (SSSR count). The molecule has 0 bridgehead atoms. The second-order valence-electron chi connectivity index (χ2n) is 10.6. The highest BCUT2D eigenvalue weighted by Crippen LogP contribution is 2.37. The molecule has 0 spiro atoms. The van der Waals surface area contributed by atoms with Gasteiger partial charge in [0, 0.05) is 26.9 Å². The van der Waals surface area contributed by atoms with E-state index < -0.39 is 17.1 Å². The molecule has 0 fully saturated rings. The van der Waals surface area contributed by atoms with Gasteiger partial charge < -0.3 is 16.0 Å². The zero-order valence-electron chi connectivity index (χ0n) is 25.3. The molecule has 0 radical (unpaired) electrons. The van der Waals surface area contributed by atoms with Gasteiger partial charge in [-0.2, -0.15) is 0 Å². The van der Waals surface area contributed by atoms with Crippen LogP contribution in [0.25, 0.3) is 6.08 Å². The summed E-state index contributed by atoms with van der Waals surface area (Å²) in [5, 5.41) is 8.73. The average molecular weight is 646 g/mol. The second-order valence-corrected chi connectivity index (χ2v) is 12.2. The lowest BCUT2D eigenvalue weighted by Crippen LogP contribution is -2.30. The lowest BCUT2D eigenvalue weighted by molar-refractivity contribution is -0.116. The fourth-order valence-electron chi connectivity index (χ4n) is 4.55. The Morgan fingerprint density at radius 3 is 1.98 bits per heavy atom. The SMILES string of the molecule is Cc1ccc(NC(=O)C(Sc2ccc(NC(=O)/C(=C/c3ccc(Cl)cc3)NC(=O)c3ccccc3)cc2)c2ccccc2)cc1C. The highest BCUT2D eigenvalue weighted by atomic mass is 35.5. The van der Waals surface area contributed by atoms with Gasteiger partial charge in [0.05, 0.1) is 0 Å². The first-order valence-corrected chi connectivity index (χ1v) is 15.9. The number of rotatable bonds is 10. The van der Waals surface area contributed by atoms with Crippen molar-refractivity contribution in [1.82, 2.24) is 5.32 Å². The van der Waals surface area contributed by atoms with Crippen LogP contribution in [0.1, 0.15) is 37.9 Å². The maximum Gasteiger partial charge on any atom is 0.272 e. The van der Waals surface area contributed by atoms with E-state index >= 15 is 0 Å². The smallest absolute Gasteiger partial charge is 0.272 e. The molecule has 0 saturated carbocycles. The van der Waals surface area contributed by atoms with E-state index in [1.165, 1.54) is 11.8 Å². The molecule has 6 nitrogen and oxygen atoms in total. The van der Waals surface area contributed by atoms with E-state index in [0.717, 1.165) is 27.3 Å². The minimum atomic E-state index is -0.509. The third kappa shape index (κ3) is 8.75.